The predicted molar refractivity (Wildman–Crippen MR) is 77.0 cm³/mol. The highest BCUT2D eigenvalue weighted by molar-refractivity contribution is 5.43. The maximum Gasteiger partial charge on any atom is 0.0393 e. The molecule has 94 valence electrons. The molecule has 0 bridgehead atoms. The number of anilines is 2. The molecule has 0 unspecified atom stereocenters. The van der Waals surface area contributed by atoms with Crippen LogP contribution in [0.1, 0.15) is 12.1 Å². The molecule has 0 amide bonds. The maximum atomic E-state index is 4.17. The van der Waals surface area contributed by atoms with Gasteiger partial charge in [-0.3, -0.25) is 4.98 Å². The summed E-state index contributed by atoms with van der Waals surface area (Å²) in [5, 5.41) is 6.78. The van der Waals surface area contributed by atoms with Gasteiger partial charge in [0, 0.05) is 36.4 Å². The van der Waals surface area contributed by atoms with Gasteiger partial charge in [-0.05, 0) is 37.6 Å². The van der Waals surface area contributed by atoms with E-state index in [0.717, 1.165) is 30.9 Å². The van der Waals surface area contributed by atoms with Gasteiger partial charge in [0.05, 0.1) is 0 Å². The largest absolute Gasteiger partial charge is 0.385 e. The SMILES string of the molecule is Cc1cc(NCCCNc2ccccc2)ccn1. The molecule has 0 saturated carbocycles. The molecule has 1 aromatic heterocycles. The van der Waals surface area contributed by atoms with Crippen molar-refractivity contribution < 1.29 is 0 Å². The summed E-state index contributed by atoms with van der Waals surface area (Å²) in [6, 6.07) is 14.3. The molecule has 0 radical (unpaired) electrons. The Bertz CT molecular complexity index is 468. The van der Waals surface area contributed by atoms with Crippen molar-refractivity contribution in [1.82, 2.24) is 4.98 Å². The lowest BCUT2D eigenvalue weighted by Gasteiger charge is -2.08. The Labute approximate surface area is 108 Å². The van der Waals surface area contributed by atoms with E-state index in [2.05, 4.69) is 33.8 Å². The zero-order valence-electron chi connectivity index (χ0n) is 10.7. The summed E-state index contributed by atoms with van der Waals surface area (Å²) in [5.74, 6) is 0. The van der Waals surface area contributed by atoms with Crippen LogP contribution in [0.15, 0.2) is 48.7 Å². The molecule has 3 nitrogen and oxygen atoms in total. The minimum absolute atomic E-state index is 0.962. The number of pyridine rings is 1. The van der Waals surface area contributed by atoms with Crippen LogP contribution in [-0.4, -0.2) is 18.1 Å². The van der Waals surface area contributed by atoms with Gasteiger partial charge in [0.15, 0.2) is 0 Å². The molecule has 0 saturated heterocycles. The van der Waals surface area contributed by atoms with Crippen molar-refractivity contribution in [3.63, 3.8) is 0 Å². The van der Waals surface area contributed by atoms with Crippen LogP contribution in [0.5, 0.6) is 0 Å². The molecule has 18 heavy (non-hydrogen) atoms. The molecule has 3 heteroatoms. The highest BCUT2D eigenvalue weighted by Crippen LogP contribution is 2.07. The second kappa shape index (κ2) is 6.64. The van der Waals surface area contributed by atoms with Gasteiger partial charge in [0.1, 0.15) is 0 Å². The first kappa shape index (κ1) is 12.4. The molecule has 2 rings (SSSR count). The number of aromatic nitrogens is 1. The second-order valence-corrected chi connectivity index (χ2v) is 4.26. The van der Waals surface area contributed by atoms with E-state index in [-0.39, 0.29) is 0 Å². The van der Waals surface area contributed by atoms with Crippen LogP contribution in [0.25, 0.3) is 0 Å². The lowest BCUT2D eigenvalue weighted by atomic mass is 10.3. The Hall–Kier alpha value is -2.03. The number of aryl methyl sites for hydroxylation is 1. The average Bonchev–Trinajstić information content (AvgIpc) is 2.40. The molecule has 0 aliphatic rings. The minimum Gasteiger partial charge on any atom is -0.385 e. The van der Waals surface area contributed by atoms with Gasteiger partial charge in [-0.25, -0.2) is 0 Å². The summed E-state index contributed by atoms with van der Waals surface area (Å²) < 4.78 is 0. The third-order valence-corrected chi connectivity index (χ3v) is 2.68. The van der Waals surface area contributed by atoms with Gasteiger partial charge in [-0.1, -0.05) is 18.2 Å². The fraction of sp³-hybridized carbons (Fsp3) is 0.267. The number of rotatable bonds is 6. The van der Waals surface area contributed by atoms with Crippen LogP contribution >= 0.6 is 0 Å². The van der Waals surface area contributed by atoms with Crippen molar-refractivity contribution in [2.45, 2.75) is 13.3 Å². The molecule has 0 aliphatic heterocycles. The minimum atomic E-state index is 0.962. The van der Waals surface area contributed by atoms with Gasteiger partial charge in [-0.2, -0.15) is 0 Å². The standard InChI is InChI=1S/C15H19N3/c1-13-12-15(8-11-16-13)18-10-5-9-17-14-6-3-2-4-7-14/h2-4,6-8,11-12,17H,5,9-10H2,1H3,(H,16,18). The van der Waals surface area contributed by atoms with Gasteiger partial charge in [0.25, 0.3) is 0 Å². The normalized spacial score (nSPS) is 10.1. The van der Waals surface area contributed by atoms with E-state index in [9.17, 15) is 0 Å². The lowest BCUT2D eigenvalue weighted by molar-refractivity contribution is 0.908. The third-order valence-electron chi connectivity index (χ3n) is 2.68. The lowest BCUT2D eigenvalue weighted by Crippen LogP contribution is -2.09. The van der Waals surface area contributed by atoms with E-state index in [1.54, 1.807) is 0 Å². The van der Waals surface area contributed by atoms with Crippen molar-refractivity contribution in [3.8, 4) is 0 Å². The van der Waals surface area contributed by atoms with Gasteiger partial charge >= 0.3 is 0 Å². The van der Waals surface area contributed by atoms with Crippen LogP contribution in [0, 0.1) is 6.92 Å². The average molecular weight is 241 g/mol. The predicted octanol–water partition coefficient (Wildman–Crippen LogP) is 3.30. The fourth-order valence-electron chi connectivity index (χ4n) is 1.77. The molecule has 2 aromatic rings. The topological polar surface area (TPSA) is 37.0 Å². The molecule has 2 N–H and O–H groups in total. The summed E-state index contributed by atoms with van der Waals surface area (Å²) in [6.45, 7) is 3.94. The summed E-state index contributed by atoms with van der Waals surface area (Å²) in [5.41, 5.74) is 3.36. The third kappa shape index (κ3) is 4.09. The smallest absolute Gasteiger partial charge is 0.0393 e. The Kier molecular flexibility index (Phi) is 4.59. The van der Waals surface area contributed by atoms with Gasteiger partial charge in [-0.15, -0.1) is 0 Å². The highest BCUT2D eigenvalue weighted by atomic mass is 14.9. The van der Waals surface area contributed by atoms with E-state index in [0.29, 0.717) is 0 Å². The van der Waals surface area contributed by atoms with Crippen LogP contribution in [0.4, 0.5) is 11.4 Å². The van der Waals surface area contributed by atoms with E-state index in [4.69, 9.17) is 0 Å². The Morgan fingerprint density at radius 2 is 1.67 bits per heavy atom. The summed E-state index contributed by atoms with van der Waals surface area (Å²) in [4.78, 5) is 4.17. The van der Waals surface area contributed by atoms with Gasteiger partial charge < -0.3 is 10.6 Å². The van der Waals surface area contributed by atoms with Crippen molar-refractivity contribution in [3.05, 3.63) is 54.4 Å². The number of hydrogen-bond acceptors (Lipinski definition) is 3. The van der Waals surface area contributed by atoms with Crippen LogP contribution in [-0.2, 0) is 0 Å². The fourth-order valence-corrected chi connectivity index (χ4v) is 1.77. The van der Waals surface area contributed by atoms with Crippen molar-refractivity contribution in [1.29, 1.82) is 0 Å². The Morgan fingerprint density at radius 1 is 0.944 bits per heavy atom. The maximum absolute atomic E-state index is 4.17. The molecule has 1 aromatic carbocycles. The monoisotopic (exact) mass is 241 g/mol. The van der Waals surface area contributed by atoms with Crippen LogP contribution in [0.3, 0.4) is 0 Å². The van der Waals surface area contributed by atoms with E-state index in [1.165, 1.54) is 5.69 Å². The zero-order valence-corrected chi connectivity index (χ0v) is 10.7. The van der Waals surface area contributed by atoms with E-state index >= 15 is 0 Å². The molecular formula is C15H19N3. The molecule has 1 heterocycles. The quantitative estimate of drug-likeness (QED) is 0.762. The summed E-state index contributed by atoms with van der Waals surface area (Å²) >= 11 is 0. The molecule has 0 atom stereocenters. The Balaban J connectivity index is 1.65. The van der Waals surface area contributed by atoms with Crippen molar-refractivity contribution in [2.75, 3.05) is 23.7 Å². The summed E-state index contributed by atoms with van der Waals surface area (Å²) in [7, 11) is 0. The number of benzene rings is 1. The zero-order chi connectivity index (χ0) is 12.6. The van der Waals surface area contributed by atoms with Crippen LogP contribution < -0.4 is 10.6 Å². The molecule has 0 aliphatic carbocycles. The molecular weight excluding hydrogens is 222 g/mol. The number of nitrogens with zero attached hydrogens (tertiary/aromatic N) is 1. The first-order valence-electron chi connectivity index (χ1n) is 6.30. The Morgan fingerprint density at radius 3 is 2.39 bits per heavy atom. The second-order valence-electron chi connectivity index (χ2n) is 4.26. The molecule has 0 fully saturated rings. The molecule has 0 spiro atoms. The van der Waals surface area contributed by atoms with Crippen LogP contribution in [0.2, 0.25) is 0 Å². The summed E-state index contributed by atoms with van der Waals surface area (Å²) in [6.07, 6.45) is 2.91. The van der Waals surface area contributed by atoms with E-state index < -0.39 is 0 Å². The number of nitrogens with one attached hydrogen (secondary N) is 2. The van der Waals surface area contributed by atoms with Gasteiger partial charge in [0.2, 0.25) is 0 Å². The number of hydrogen-bond donors (Lipinski definition) is 2. The highest BCUT2D eigenvalue weighted by Gasteiger charge is 1.93. The van der Waals surface area contributed by atoms with Crippen molar-refractivity contribution in [2.24, 2.45) is 0 Å². The number of para-hydroxylation sites is 1. The first-order valence-corrected chi connectivity index (χ1v) is 6.30. The van der Waals surface area contributed by atoms with Crippen molar-refractivity contribution >= 4 is 11.4 Å². The first-order chi connectivity index (χ1) is 8.84. The van der Waals surface area contributed by atoms with E-state index in [1.807, 2.05) is 37.4 Å².